The van der Waals surface area contributed by atoms with Crippen LogP contribution < -0.4 is 0 Å². The monoisotopic (exact) mass is 310 g/mol. The molecule has 2 aliphatic carbocycles. The smallest absolute Gasteiger partial charge is 0.00174 e. The van der Waals surface area contributed by atoms with Gasteiger partial charge in [-0.25, -0.2) is 0 Å². The van der Waals surface area contributed by atoms with Crippen LogP contribution in [-0.4, -0.2) is 0 Å². The molecule has 0 N–H and O–H groups in total. The zero-order valence-electron chi connectivity index (χ0n) is 15.5. The summed E-state index contributed by atoms with van der Waals surface area (Å²) in [6, 6.07) is 0. The minimum absolute atomic E-state index is 0.151. The molecule has 0 fully saturated rings. The molecule has 0 aliphatic heterocycles. The van der Waals surface area contributed by atoms with Gasteiger partial charge in [-0.2, -0.15) is 0 Å². The van der Waals surface area contributed by atoms with Gasteiger partial charge in [-0.05, 0) is 54.9 Å². The van der Waals surface area contributed by atoms with Crippen molar-refractivity contribution in [2.45, 2.75) is 59.8 Å². The average Bonchev–Trinajstić information content (AvgIpc) is 2.66. The first kappa shape index (κ1) is 18.0. The lowest BCUT2D eigenvalue weighted by atomic mass is 9.73. The Balaban J connectivity index is 2.09. The molecule has 2 rings (SSSR count). The van der Waals surface area contributed by atoms with Crippen molar-refractivity contribution < 1.29 is 0 Å². The summed E-state index contributed by atoms with van der Waals surface area (Å²) in [5.74, 6) is 1.83. The molecular weight excluding hydrogens is 276 g/mol. The van der Waals surface area contributed by atoms with E-state index in [2.05, 4.69) is 76.8 Å². The van der Waals surface area contributed by atoms with E-state index < -0.39 is 0 Å². The molecule has 0 heterocycles. The van der Waals surface area contributed by atoms with E-state index in [1.807, 2.05) is 0 Å². The van der Waals surface area contributed by atoms with Gasteiger partial charge in [0.1, 0.15) is 0 Å². The highest BCUT2D eigenvalue weighted by Gasteiger charge is 2.26. The average molecular weight is 311 g/mol. The molecule has 23 heavy (non-hydrogen) atoms. The third-order valence-corrected chi connectivity index (χ3v) is 5.93. The van der Waals surface area contributed by atoms with Gasteiger partial charge in [0.15, 0.2) is 0 Å². The van der Waals surface area contributed by atoms with Crippen LogP contribution in [0.2, 0.25) is 0 Å². The quantitative estimate of drug-likeness (QED) is 0.489. The van der Waals surface area contributed by atoms with E-state index in [0.29, 0.717) is 17.8 Å². The van der Waals surface area contributed by atoms with Gasteiger partial charge in [-0.15, -0.1) is 6.58 Å². The Bertz CT molecular complexity index is 524. The highest BCUT2D eigenvalue weighted by molar-refractivity contribution is 5.32. The molecule has 0 spiro atoms. The van der Waals surface area contributed by atoms with Crippen LogP contribution in [0.25, 0.3) is 0 Å². The SMILES string of the molecule is C=CC(C)(C)C(C)C1=CCC(C2=CCC=CCCCC2C)C=C1. The lowest BCUT2D eigenvalue weighted by molar-refractivity contribution is 0.355. The van der Waals surface area contributed by atoms with E-state index >= 15 is 0 Å². The van der Waals surface area contributed by atoms with Crippen LogP contribution in [0.5, 0.6) is 0 Å². The fourth-order valence-electron chi connectivity index (χ4n) is 3.66. The van der Waals surface area contributed by atoms with Gasteiger partial charge in [-0.1, -0.05) is 75.8 Å². The van der Waals surface area contributed by atoms with Gasteiger partial charge in [0, 0.05) is 5.92 Å². The van der Waals surface area contributed by atoms with E-state index in [1.54, 1.807) is 5.57 Å². The number of allylic oxidation sites excluding steroid dienone is 9. The zero-order valence-corrected chi connectivity index (χ0v) is 15.5. The largest absolute Gasteiger partial charge is 0.103 e. The van der Waals surface area contributed by atoms with Crippen molar-refractivity contribution in [2.75, 3.05) is 0 Å². The van der Waals surface area contributed by atoms with Crippen LogP contribution in [0, 0.1) is 23.2 Å². The zero-order chi connectivity index (χ0) is 16.9. The second-order valence-electron chi connectivity index (χ2n) is 7.90. The highest BCUT2D eigenvalue weighted by Crippen LogP contribution is 2.38. The summed E-state index contributed by atoms with van der Waals surface area (Å²) in [4.78, 5) is 0. The van der Waals surface area contributed by atoms with Crippen LogP contribution in [0.1, 0.15) is 59.8 Å². The summed E-state index contributed by atoms with van der Waals surface area (Å²) in [6.07, 6.45) is 22.7. The van der Waals surface area contributed by atoms with Crippen LogP contribution >= 0.6 is 0 Å². The Morgan fingerprint density at radius 3 is 2.70 bits per heavy atom. The predicted molar refractivity (Wildman–Crippen MR) is 103 cm³/mol. The van der Waals surface area contributed by atoms with Crippen molar-refractivity contribution in [1.29, 1.82) is 0 Å². The second kappa shape index (κ2) is 7.99. The van der Waals surface area contributed by atoms with Crippen molar-refractivity contribution in [3.05, 3.63) is 60.3 Å². The van der Waals surface area contributed by atoms with Gasteiger partial charge < -0.3 is 0 Å². The van der Waals surface area contributed by atoms with E-state index in [1.165, 1.54) is 24.8 Å². The van der Waals surface area contributed by atoms with E-state index in [4.69, 9.17) is 0 Å². The Kier molecular flexibility index (Phi) is 6.27. The van der Waals surface area contributed by atoms with E-state index in [9.17, 15) is 0 Å². The van der Waals surface area contributed by atoms with Crippen molar-refractivity contribution in [1.82, 2.24) is 0 Å². The van der Waals surface area contributed by atoms with Crippen LogP contribution in [-0.2, 0) is 0 Å². The predicted octanol–water partition coefficient (Wildman–Crippen LogP) is 7.03. The molecule has 0 aromatic rings. The minimum Gasteiger partial charge on any atom is -0.103 e. The standard InChI is InChI=1S/C23H34/c1-6-23(4,5)19(3)20-14-16-21(17-15-20)22-13-11-9-7-8-10-12-18(22)2/h6-7,9,13-16,18-19,21H,1,8,10-12,17H2,2-5H3. The van der Waals surface area contributed by atoms with Crippen molar-refractivity contribution in [3.63, 3.8) is 0 Å². The maximum absolute atomic E-state index is 4.01. The molecule has 0 saturated heterocycles. The normalized spacial score (nSPS) is 27.3. The summed E-state index contributed by atoms with van der Waals surface area (Å²) >= 11 is 0. The summed E-state index contributed by atoms with van der Waals surface area (Å²) in [5.41, 5.74) is 3.28. The molecule has 0 aromatic carbocycles. The first-order chi connectivity index (χ1) is 11.0. The first-order valence-electron chi connectivity index (χ1n) is 9.32. The maximum Gasteiger partial charge on any atom is 0.00174 e. The minimum atomic E-state index is 0.151. The summed E-state index contributed by atoms with van der Waals surface area (Å²) < 4.78 is 0. The molecule has 3 unspecified atom stereocenters. The first-order valence-corrected chi connectivity index (χ1v) is 9.32. The Hall–Kier alpha value is -1.30. The third-order valence-electron chi connectivity index (χ3n) is 5.93. The summed E-state index contributed by atoms with van der Waals surface area (Å²) in [7, 11) is 0. The molecule has 0 bridgehead atoms. The lowest BCUT2D eigenvalue weighted by Gasteiger charge is -2.32. The van der Waals surface area contributed by atoms with E-state index in [0.717, 1.165) is 12.8 Å². The summed E-state index contributed by atoms with van der Waals surface area (Å²) in [6.45, 7) is 13.3. The lowest BCUT2D eigenvalue weighted by Crippen LogP contribution is -2.21. The van der Waals surface area contributed by atoms with Crippen LogP contribution in [0.4, 0.5) is 0 Å². The Morgan fingerprint density at radius 1 is 1.26 bits per heavy atom. The molecule has 2 aliphatic rings. The van der Waals surface area contributed by atoms with Crippen LogP contribution in [0.3, 0.4) is 0 Å². The van der Waals surface area contributed by atoms with E-state index in [-0.39, 0.29) is 5.41 Å². The van der Waals surface area contributed by atoms with Gasteiger partial charge in [-0.3, -0.25) is 0 Å². The third kappa shape index (κ3) is 4.59. The van der Waals surface area contributed by atoms with Crippen molar-refractivity contribution >= 4 is 0 Å². The molecule has 0 radical (unpaired) electrons. The molecule has 126 valence electrons. The highest BCUT2D eigenvalue weighted by atomic mass is 14.3. The maximum atomic E-state index is 4.01. The fraction of sp³-hybridized carbons (Fsp3) is 0.565. The topological polar surface area (TPSA) is 0 Å². The van der Waals surface area contributed by atoms with Crippen LogP contribution in [0.15, 0.2) is 60.3 Å². The molecular formula is C23H34. The van der Waals surface area contributed by atoms with Gasteiger partial charge in [0.25, 0.3) is 0 Å². The molecule has 0 heteroatoms. The van der Waals surface area contributed by atoms with Crippen molar-refractivity contribution in [3.8, 4) is 0 Å². The molecule has 0 saturated carbocycles. The number of hydrogen-bond acceptors (Lipinski definition) is 0. The van der Waals surface area contributed by atoms with Gasteiger partial charge in [0.05, 0.1) is 0 Å². The summed E-state index contributed by atoms with van der Waals surface area (Å²) in [5, 5.41) is 0. The van der Waals surface area contributed by atoms with Gasteiger partial charge in [0.2, 0.25) is 0 Å². The number of rotatable bonds is 4. The van der Waals surface area contributed by atoms with Crippen molar-refractivity contribution in [2.24, 2.45) is 23.2 Å². The second-order valence-corrected chi connectivity index (χ2v) is 7.90. The molecule has 0 aromatic heterocycles. The Labute approximate surface area is 143 Å². The Morgan fingerprint density at radius 2 is 2.04 bits per heavy atom. The molecule has 3 atom stereocenters. The molecule has 0 amide bonds. The fourth-order valence-corrected chi connectivity index (χ4v) is 3.66. The van der Waals surface area contributed by atoms with Gasteiger partial charge >= 0.3 is 0 Å². The number of hydrogen-bond donors (Lipinski definition) is 0. The molecule has 0 nitrogen and oxygen atoms in total.